The molecule has 2 fully saturated rings. The Morgan fingerprint density at radius 3 is 2.53 bits per heavy atom. The molecule has 1 saturated carbocycles. The van der Waals surface area contributed by atoms with Gasteiger partial charge in [-0.1, -0.05) is 6.42 Å². The molecule has 0 radical (unpaired) electrons. The number of hydrogen-bond acceptors (Lipinski definition) is 3. The highest BCUT2D eigenvalue weighted by Gasteiger charge is 2.42. The highest BCUT2D eigenvalue weighted by molar-refractivity contribution is 7.89. The van der Waals surface area contributed by atoms with Crippen molar-refractivity contribution in [2.75, 3.05) is 13.6 Å². The van der Waals surface area contributed by atoms with Gasteiger partial charge >= 0.3 is 0 Å². The molecule has 0 aromatic heterocycles. The predicted molar refractivity (Wildman–Crippen MR) is 59.9 cm³/mol. The number of likely N-dealkylation sites (tertiary alicyclic amines) is 1. The molecule has 1 aliphatic heterocycles. The first-order valence-corrected chi connectivity index (χ1v) is 7.33. The molecule has 2 aliphatic rings. The summed E-state index contributed by atoms with van der Waals surface area (Å²) in [7, 11) is -1.34. The summed E-state index contributed by atoms with van der Waals surface area (Å²) in [6.07, 6.45) is 5.28. The topological polar surface area (TPSA) is 63.4 Å². The summed E-state index contributed by atoms with van der Waals surface area (Å²) in [6.45, 7) is 1.01. The molecular weight excluding hydrogens is 212 g/mol. The van der Waals surface area contributed by atoms with E-state index in [1.165, 1.54) is 19.3 Å². The van der Waals surface area contributed by atoms with Gasteiger partial charge in [0.1, 0.15) is 0 Å². The highest BCUT2D eigenvalue weighted by atomic mass is 32.2. The van der Waals surface area contributed by atoms with Crippen molar-refractivity contribution in [3.05, 3.63) is 0 Å². The van der Waals surface area contributed by atoms with E-state index >= 15 is 0 Å². The van der Waals surface area contributed by atoms with Gasteiger partial charge in [-0.25, -0.2) is 13.6 Å². The molecule has 2 rings (SSSR count). The molecule has 0 aromatic carbocycles. The Bertz CT molecular complexity index is 326. The summed E-state index contributed by atoms with van der Waals surface area (Å²) in [4.78, 5) is 2.20. The minimum absolute atomic E-state index is 0.169. The number of primary sulfonamides is 1. The van der Waals surface area contributed by atoms with Crippen molar-refractivity contribution >= 4 is 10.0 Å². The first kappa shape index (κ1) is 11.4. The third-order valence-corrected chi connectivity index (χ3v) is 5.30. The SMILES string of the molecule is CN1CCC[C@@H]2CCC[C@@H](S(N)(=O)=O)[C@@H]21. The molecular formula is C10H20N2O2S. The average molecular weight is 232 g/mol. The van der Waals surface area contributed by atoms with Gasteiger partial charge in [0.25, 0.3) is 0 Å². The molecule has 0 aromatic rings. The molecule has 0 bridgehead atoms. The maximum Gasteiger partial charge on any atom is 0.213 e. The van der Waals surface area contributed by atoms with Gasteiger partial charge in [0.2, 0.25) is 10.0 Å². The van der Waals surface area contributed by atoms with Crippen LogP contribution >= 0.6 is 0 Å². The molecule has 0 amide bonds. The van der Waals surface area contributed by atoms with Crippen LogP contribution in [0.4, 0.5) is 0 Å². The molecule has 1 saturated heterocycles. The van der Waals surface area contributed by atoms with Crippen LogP contribution in [0.1, 0.15) is 32.1 Å². The zero-order chi connectivity index (χ0) is 11.1. The number of nitrogens with two attached hydrogens (primary N) is 1. The lowest BCUT2D eigenvalue weighted by molar-refractivity contribution is 0.0867. The minimum atomic E-state index is -3.37. The predicted octanol–water partition coefficient (Wildman–Crippen LogP) is 0.538. The summed E-state index contributed by atoms with van der Waals surface area (Å²) in [5.41, 5.74) is 0. The summed E-state index contributed by atoms with van der Waals surface area (Å²) >= 11 is 0. The maximum absolute atomic E-state index is 11.5. The number of fused-ring (bicyclic) bond motifs is 1. The number of sulfonamides is 1. The second kappa shape index (κ2) is 4.03. The minimum Gasteiger partial charge on any atom is -0.302 e. The molecule has 5 heteroatoms. The third kappa shape index (κ3) is 2.19. The number of piperidine rings is 1. The Labute approximate surface area is 91.9 Å². The Morgan fingerprint density at radius 1 is 1.20 bits per heavy atom. The second-order valence-electron chi connectivity index (χ2n) is 4.93. The molecule has 1 aliphatic carbocycles. The van der Waals surface area contributed by atoms with Crippen molar-refractivity contribution in [1.82, 2.24) is 4.90 Å². The Balaban J connectivity index is 2.24. The maximum atomic E-state index is 11.5. The number of nitrogens with zero attached hydrogens (tertiary/aromatic N) is 1. The van der Waals surface area contributed by atoms with Crippen molar-refractivity contribution in [2.24, 2.45) is 11.1 Å². The van der Waals surface area contributed by atoms with Crippen LogP contribution in [0.15, 0.2) is 0 Å². The van der Waals surface area contributed by atoms with Crippen LogP contribution in [-0.2, 0) is 10.0 Å². The molecule has 0 unspecified atom stereocenters. The quantitative estimate of drug-likeness (QED) is 0.717. The number of hydrogen-bond donors (Lipinski definition) is 1. The summed E-state index contributed by atoms with van der Waals surface area (Å²) in [5, 5.41) is 4.99. The van der Waals surface area contributed by atoms with Crippen LogP contribution in [0.3, 0.4) is 0 Å². The van der Waals surface area contributed by atoms with Gasteiger partial charge in [-0.3, -0.25) is 0 Å². The molecule has 0 spiro atoms. The van der Waals surface area contributed by atoms with Crippen molar-refractivity contribution < 1.29 is 8.42 Å². The van der Waals surface area contributed by atoms with E-state index in [1.807, 2.05) is 7.05 Å². The largest absolute Gasteiger partial charge is 0.302 e. The fourth-order valence-corrected chi connectivity index (χ4v) is 4.61. The lowest BCUT2D eigenvalue weighted by atomic mass is 9.78. The van der Waals surface area contributed by atoms with E-state index in [1.54, 1.807) is 0 Å². The van der Waals surface area contributed by atoms with Gasteiger partial charge in [-0.15, -0.1) is 0 Å². The second-order valence-corrected chi connectivity index (χ2v) is 6.72. The van der Waals surface area contributed by atoms with Gasteiger partial charge in [-0.2, -0.15) is 0 Å². The van der Waals surface area contributed by atoms with Gasteiger partial charge in [0.15, 0.2) is 0 Å². The van der Waals surface area contributed by atoms with E-state index in [4.69, 9.17) is 5.14 Å². The van der Waals surface area contributed by atoms with E-state index in [2.05, 4.69) is 4.90 Å². The standard InChI is InChI=1S/C10H20N2O2S/c1-12-7-3-5-8-4-2-6-9(10(8)12)15(11,13)14/h8-10H,2-7H2,1H3,(H2,11,13,14)/t8-,9+,10+/m0/s1. The van der Waals surface area contributed by atoms with Gasteiger partial charge in [-0.05, 0) is 45.2 Å². The van der Waals surface area contributed by atoms with Gasteiger partial charge in [0, 0.05) is 6.04 Å². The van der Waals surface area contributed by atoms with E-state index in [9.17, 15) is 8.42 Å². The van der Waals surface area contributed by atoms with Gasteiger partial charge in [0.05, 0.1) is 5.25 Å². The van der Waals surface area contributed by atoms with Crippen molar-refractivity contribution in [3.63, 3.8) is 0 Å². The van der Waals surface area contributed by atoms with Crippen LogP contribution in [0.2, 0.25) is 0 Å². The van der Waals surface area contributed by atoms with Crippen LogP contribution in [0, 0.1) is 5.92 Å². The van der Waals surface area contributed by atoms with E-state index in [-0.39, 0.29) is 11.3 Å². The van der Waals surface area contributed by atoms with E-state index in [0.29, 0.717) is 5.92 Å². The highest BCUT2D eigenvalue weighted by Crippen LogP contribution is 2.36. The first-order chi connectivity index (χ1) is 7.00. The summed E-state index contributed by atoms with van der Waals surface area (Å²) in [5.74, 6) is 0.542. The molecule has 3 atom stereocenters. The zero-order valence-electron chi connectivity index (χ0n) is 9.22. The summed E-state index contributed by atoms with van der Waals surface area (Å²) < 4.78 is 23.1. The monoisotopic (exact) mass is 232 g/mol. The fraction of sp³-hybridized carbons (Fsp3) is 1.00. The Kier molecular flexibility index (Phi) is 3.05. The van der Waals surface area contributed by atoms with Crippen LogP contribution in [0.5, 0.6) is 0 Å². The van der Waals surface area contributed by atoms with Crippen molar-refractivity contribution in [2.45, 2.75) is 43.4 Å². The normalized spacial score (nSPS) is 38.7. The van der Waals surface area contributed by atoms with Crippen molar-refractivity contribution in [3.8, 4) is 0 Å². The number of rotatable bonds is 1. The third-order valence-electron chi connectivity index (χ3n) is 3.94. The Morgan fingerprint density at radius 2 is 1.87 bits per heavy atom. The van der Waals surface area contributed by atoms with Crippen LogP contribution in [-0.4, -0.2) is 38.2 Å². The molecule has 88 valence electrons. The lowest BCUT2D eigenvalue weighted by Crippen LogP contribution is -2.55. The van der Waals surface area contributed by atoms with Crippen molar-refractivity contribution in [1.29, 1.82) is 0 Å². The summed E-state index contributed by atoms with van der Waals surface area (Å²) in [6, 6.07) is 0.169. The zero-order valence-corrected chi connectivity index (χ0v) is 10.0. The molecule has 15 heavy (non-hydrogen) atoms. The molecule has 1 heterocycles. The average Bonchev–Trinajstić information content (AvgIpc) is 2.16. The molecule has 2 N–H and O–H groups in total. The molecule has 4 nitrogen and oxygen atoms in total. The van der Waals surface area contributed by atoms with E-state index < -0.39 is 10.0 Å². The lowest BCUT2D eigenvalue weighted by Gasteiger charge is -2.45. The van der Waals surface area contributed by atoms with Gasteiger partial charge < -0.3 is 4.90 Å². The first-order valence-electron chi connectivity index (χ1n) is 5.72. The Hall–Kier alpha value is -0.130. The fourth-order valence-electron chi connectivity index (χ4n) is 3.30. The smallest absolute Gasteiger partial charge is 0.213 e. The van der Waals surface area contributed by atoms with E-state index in [0.717, 1.165) is 19.4 Å². The van der Waals surface area contributed by atoms with Crippen LogP contribution < -0.4 is 5.14 Å². The van der Waals surface area contributed by atoms with Crippen LogP contribution in [0.25, 0.3) is 0 Å².